The van der Waals surface area contributed by atoms with Crippen LogP contribution in [0.2, 0.25) is 5.02 Å². The van der Waals surface area contributed by atoms with Crippen molar-refractivity contribution in [1.29, 1.82) is 0 Å². The Morgan fingerprint density at radius 2 is 2.05 bits per heavy atom. The highest BCUT2D eigenvalue weighted by atomic mass is 35.5. The van der Waals surface area contributed by atoms with Crippen molar-refractivity contribution in [3.8, 4) is 0 Å². The fourth-order valence-corrected chi connectivity index (χ4v) is 2.21. The SMILES string of the molecule is CCCNC(C)CCc1nc(Cc2ccc(Cl)cc2)no1. The normalized spacial score (nSPS) is 12.5. The third kappa shape index (κ3) is 5.48. The van der Waals surface area contributed by atoms with Gasteiger partial charge in [-0.3, -0.25) is 0 Å². The number of benzene rings is 1. The molecular weight excluding hydrogens is 286 g/mol. The lowest BCUT2D eigenvalue weighted by atomic mass is 10.1. The number of aryl methyl sites for hydroxylation is 1. The molecule has 1 unspecified atom stereocenters. The second-order valence-electron chi connectivity index (χ2n) is 5.30. The first-order valence-electron chi connectivity index (χ1n) is 7.46. The minimum Gasteiger partial charge on any atom is -0.339 e. The van der Waals surface area contributed by atoms with Crippen molar-refractivity contribution in [2.45, 2.75) is 45.6 Å². The highest BCUT2D eigenvalue weighted by Crippen LogP contribution is 2.12. The van der Waals surface area contributed by atoms with Gasteiger partial charge in [0, 0.05) is 23.9 Å². The Balaban J connectivity index is 1.82. The minimum absolute atomic E-state index is 0.469. The molecule has 2 rings (SSSR count). The number of hydrogen-bond donors (Lipinski definition) is 1. The standard InChI is InChI=1S/C16H22ClN3O/c1-3-10-18-12(2)4-9-16-19-15(20-21-16)11-13-5-7-14(17)8-6-13/h5-8,12,18H,3-4,9-11H2,1-2H3. The molecule has 0 amide bonds. The first-order valence-corrected chi connectivity index (χ1v) is 7.84. The minimum atomic E-state index is 0.469. The Bertz CT molecular complexity index is 539. The fraction of sp³-hybridized carbons (Fsp3) is 0.500. The number of rotatable bonds is 8. The molecule has 0 fully saturated rings. The summed E-state index contributed by atoms with van der Waals surface area (Å²) < 4.78 is 5.30. The van der Waals surface area contributed by atoms with Gasteiger partial charge in [0.15, 0.2) is 5.82 Å². The van der Waals surface area contributed by atoms with Gasteiger partial charge in [-0.15, -0.1) is 0 Å². The molecule has 0 saturated carbocycles. The molecule has 21 heavy (non-hydrogen) atoms. The Labute approximate surface area is 130 Å². The van der Waals surface area contributed by atoms with Crippen molar-refractivity contribution in [2.75, 3.05) is 6.54 Å². The molecule has 0 spiro atoms. The highest BCUT2D eigenvalue weighted by molar-refractivity contribution is 6.30. The summed E-state index contributed by atoms with van der Waals surface area (Å²) in [5, 5.41) is 8.22. The van der Waals surface area contributed by atoms with Crippen LogP contribution in [0, 0.1) is 0 Å². The van der Waals surface area contributed by atoms with Gasteiger partial charge in [0.2, 0.25) is 5.89 Å². The number of hydrogen-bond acceptors (Lipinski definition) is 4. The predicted octanol–water partition coefficient (Wildman–Crippen LogP) is 3.63. The number of aromatic nitrogens is 2. The van der Waals surface area contributed by atoms with Crippen LogP contribution in [0.15, 0.2) is 28.8 Å². The van der Waals surface area contributed by atoms with Crippen LogP contribution < -0.4 is 5.32 Å². The zero-order valence-electron chi connectivity index (χ0n) is 12.6. The van der Waals surface area contributed by atoms with Gasteiger partial charge in [0.05, 0.1) is 0 Å². The third-order valence-corrected chi connectivity index (χ3v) is 3.57. The summed E-state index contributed by atoms with van der Waals surface area (Å²) in [7, 11) is 0. The Morgan fingerprint density at radius 1 is 1.29 bits per heavy atom. The maximum Gasteiger partial charge on any atom is 0.226 e. The fourth-order valence-electron chi connectivity index (χ4n) is 2.08. The van der Waals surface area contributed by atoms with E-state index in [2.05, 4.69) is 29.3 Å². The molecule has 1 atom stereocenters. The number of nitrogens with one attached hydrogen (secondary N) is 1. The molecule has 2 aromatic rings. The smallest absolute Gasteiger partial charge is 0.226 e. The Hall–Kier alpha value is -1.39. The second-order valence-corrected chi connectivity index (χ2v) is 5.74. The molecular formula is C16H22ClN3O. The summed E-state index contributed by atoms with van der Waals surface area (Å²) in [6.07, 6.45) is 3.63. The van der Waals surface area contributed by atoms with Crippen LogP contribution in [0.3, 0.4) is 0 Å². The van der Waals surface area contributed by atoms with Gasteiger partial charge in [0.1, 0.15) is 0 Å². The summed E-state index contributed by atoms with van der Waals surface area (Å²) in [6, 6.07) is 8.18. The lowest BCUT2D eigenvalue weighted by Gasteiger charge is -2.10. The molecule has 1 heterocycles. The molecule has 5 heteroatoms. The average molecular weight is 308 g/mol. The quantitative estimate of drug-likeness (QED) is 0.809. The lowest BCUT2D eigenvalue weighted by molar-refractivity contribution is 0.363. The topological polar surface area (TPSA) is 51.0 Å². The van der Waals surface area contributed by atoms with E-state index in [0.717, 1.165) is 42.2 Å². The predicted molar refractivity (Wildman–Crippen MR) is 84.6 cm³/mol. The molecule has 0 bridgehead atoms. The van der Waals surface area contributed by atoms with Gasteiger partial charge in [0.25, 0.3) is 0 Å². The molecule has 0 aliphatic carbocycles. The second kappa shape index (κ2) is 8.15. The molecule has 1 aromatic carbocycles. The van der Waals surface area contributed by atoms with Gasteiger partial charge in [-0.2, -0.15) is 4.98 Å². The summed E-state index contributed by atoms with van der Waals surface area (Å²) in [5.74, 6) is 1.44. The van der Waals surface area contributed by atoms with Crippen LogP contribution in [-0.2, 0) is 12.8 Å². The van der Waals surface area contributed by atoms with Crippen LogP contribution >= 0.6 is 11.6 Å². The van der Waals surface area contributed by atoms with Gasteiger partial charge in [-0.1, -0.05) is 35.8 Å². The van der Waals surface area contributed by atoms with Crippen LogP contribution in [0.4, 0.5) is 0 Å². The van der Waals surface area contributed by atoms with E-state index >= 15 is 0 Å². The molecule has 114 valence electrons. The van der Waals surface area contributed by atoms with Crippen molar-refractivity contribution < 1.29 is 4.52 Å². The Morgan fingerprint density at radius 3 is 2.76 bits per heavy atom. The average Bonchev–Trinajstić information content (AvgIpc) is 2.93. The molecule has 0 aliphatic heterocycles. The molecule has 1 aromatic heterocycles. The third-order valence-electron chi connectivity index (χ3n) is 3.32. The number of nitrogens with zero attached hydrogens (tertiary/aromatic N) is 2. The van der Waals surface area contributed by atoms with E-state index in [4.69, 9.17) is 16.1 Å². The summed E-state index contributed by atoms with van der Waals surface area (Å²) in [5.41, 5.74) is 1.13. The van der Waals surface area contributed by atoms with Crippen LogP contribution in [-0.4, -0.2) is 22.7 Å². The largest absolute Gasteiger partial charge is 0.339 e. The van der Waals surface area contributed by atoms with Gasteiger partial charge in [-0.25, -0.2) is 0 Å². The van der Waals surface area contributed by atoms with Gasteiger partial charge < -0.3 is 9.84 Å². The van der Waals surface area contributed by atoms with Crippen molar-refractivity contribution in [2.24, 2.45) is 0 Å². The van der Waals surface area contributed by atoms with E-state index in [1.807, 2.05) is 24.3 Å². The maximum absolute atomic E-state index is 5.87. The Kier molecular flexibility index (Phi) is 6.21. The van der Waals surface area contributed by atoms with Gasteiger partial charge in [-0.05, 0) is 44.0 Å². The molecule has 0 saturated heterocycles. The molecule has 0 aliphatic rings. The van der Waals surface area contributed by atoms with Crippen molar-refractivity contribution >= 4 is 11.6 Å². The van der Waals surface area contributed by atoms with E-state index in [1.165, 1.54) is 0 Å². The zero-order chi connectivity index (χ0) is 15.1. The lowest BCUT2D eigenvalue weighted by Crippen LogP contribution is -2.27. The first-order chi connectivity index (χ1) is 10.2. The van der Waals surface area contributed by atoms with Gasteiger partial charge >= 0.3 is 0 Å². The van der Waals surface area contributed by atoms with E-state index in [9.17, 15) is 0 Å². The monoisotopic (exact) mass is 307 g/mol. The maximum atomic E-state index is 5.87. The van der Waals surface area contributed by atoms with E-state index in [0.29, 0.717) is 18.4 Å². The molecule has 0 radical (unpaired) electrons. The van der Waals surface area contributed by atoms with Crippen molar-refractivity contribution in [3.63, 3.8) is 0 Å². The van der Waals surface area contributed by atoms with Crippen LogP contribution in [0.5, 0.6) is 0 Å². The summed E-state index contributed by atoms with van der Waals surface area (Å²) in [6.45, 7) is 5.40. The molecule has 1 N–H and O–H groups in total. The van der Waals surface area contributed by atoms with E-state index < -0.39 is 0 Å². The van der Waals surface area contributed by atoms with Crippen LogP contribution in [0.25, 0.3) is 0 Å². The molecule has 4 nitrogen and oxygen atoms in total. The zero-order valence-corrected chi connectivity index (χ0v) is 13.4. The first kappa shape index (κ1) is 16.0. The van der Waals surface area contributed by atoms with E-state index in [1.54, 1.807) is 0 Å². The highest BCUT2D eigenvalue weighted by Gasteiger charge is 2.09. The van der Waals surface area contributed by atoms with Crippen molar-refractivity contribution in [3.05, 3.63) is 46.6 Å². The van der Waals surface area contributed by atoms with Crippen molar-refractivity contribution in [1.82, 2.24) is 15.5 Å². The van der Waals surface area contributed by atoms with Crippen LogP contribution in [0.1, 0.15) is 44.0 Å². The van der Waals surface area contributed by atoms with E-state index in [-0.39, 0.29) is 0 Å². The summed E-state index contributed by atoms with van der Waals surface area (Å²) >= 11 is 5.87. The number of halogens is 1. The summed E-state index contributed by atoms with van der Waals surface area (Å²) in [4.78, 5) is 4.44.